The van der Waals surface area contributed by atoms with Crippen molar-refractivity contribution >= 4 is 23.3 Å². The SMILES string of the molecule is CC[C@@H]1c2ccsc2CCN1C(=O)/C=C/c1ccc(OC)c(F)c1. The molecule has 1 atom stereocenters. The molecule has 0 spiro atoms. The second-order valence-electron chi connectivity index (χ2n) is 5.73. The van der Waals surface area contributed by atoms with Crippen LogP contribution in [0.15, 0.2) is 35.7 Å². The van der Waals surface area contributed by atoms with Crippen LogP contribution in [0.5, 0.6) is 5.75 Å². The minimum absolute atomic E-state index is 0.0325. The van der Waals surface area contributed by atoms with E-state index in [0.29, 0.717) is 5.56 Å². The number of benzene rings is 1. The Morgan fingerprint density at radius 3 is 3.00 bits per heavy atom. The van der Waals surface area contributed by atoms with Gasteiger partial charge in [0.05, 0.1) is 13.2 Å². The molecule has 1 aliphatic rings. The van der Waals surface area contributed by atoms with E-state index < -0.39 is 5.82 Å². The zero-order chi connectivity index (χ0) is 17.1. The number of hydrogen-bond acceptors (Lipinski definition) is 3. The summed E-state index contributed by atoms with van der Waals surface area (Å²) in [6, 6.07) is 6.91. The smallest absolute Gasteiger partial charge is 0.247 e. The van der Waals surface area contributed by atoms with E-state index in [0.717, 1.165) is 19.4 Å². The zero-order valence-corrected chi connectivity index (χ0v) is 14.6. The first-order chi connectivity index (χ1) is 11.6. The summed E-state index contributed by atoms with van der Waals surface area (Å²) in [4.78, 5) is 15.9. The van der Waals surface area contributed by atoms with Crippen LogP contribution in [-0.2, 0) is 11.2 Å². The number of rotatable bonds is 4. The number of nitrogens with zero attached hydrogens (tertiary/aromatic N) is 1. The van der Waals surface area contributed by atoms with Gasteiger partial charge in [-0.05, 0) is 53.6 Å². The van der Waals surface area contributed by atoms with Crippen molar-refractivity contribution in [2.75, 3.05) is 13.7 Å². The number of carbonyl (C=O) groups excluding carboxylic acids is 1. The Kier molecular flexibility index (Phi) is 5.00. The minimum Gasteiger partial charge on any atom is -0.494 e. The van der Waals surface area contributed by atoms with Gasteiger partial charge in [0.25, 0.3) is 0 Å². The van der Waals surface area contributed by atoms with Gasteiger partial charge in [-0.1, -0.05) is 13.0 Å². The Balaban J connectivity index is 1.76. The van der Waals surface area contributed by atoms with Gasteiger partial charge in [0.1, 0.15) is 0 Å². The normalized spacial score (nSPS) is 17.1. The van der Waals surface area contributed by atoms with Crippen molar-refractivity contribution in [3.8, 4) is 5.75 Å². The average Bonchev–Trinajstić information content (AvgIpc) is 3.07. The number of halogens is 1. The second kappa shape index (κ2) is 7.18. The first-order valence-corrected chi connectivity index (χ1v) is 8.90. The van der Waals surface area contributed by atoms with Gasteiger partial charge >= 0.3 is 0 Å². The van der Waals surface area contributed by atoms with Crippen molar-refractivity contribution in [2.45, 2.75) is 25.8 Å². The van der Waals surface area contributed by atoms with Crippen LogP contribution in [0.1, 0.15) is 35.4 Å². The van der Waals surface area contributed by atoms with Crippen molar-refractivity contribution < 1.29 is 13.9 Å². The molecule has 0 radical (unpaired) electrons. The van der Waals surface area contributed by atoms with E-state index in [9.17, 15) is 9.18 Å². The molecule has 3 nitrogen and oxygen atoms in total. The quantitative estimate of drug-likeness (QED) is 0.767. The summed E-state index contributed by atoms with van der Waals surface area (Å²) in [5, 5.41) is 2.09. The monoisotopic (exact) mass is 345 g/mol. The lowest BCUT2D eigenvalue weighted by Crippen LogP contribution is -2.38. The molecule has 2 aromatic rings. The Labute approximate surface area is 145 Å². The van der Waals surface area contributed by atoms with Gasteiger partial charge in [0.15, 0.2) is 11.6 Å². The fourth-order valence-corrected chi connectivity index (χ4v) is 4.08. The van der Waals surface area contributed by atoms with Crippen LogP contribution in [-0.4, -0.2) is 24.5 Å². The molecule has 0 bridgehead atoms. The molecule has 1 aliphatic heterocycles. The molecule has 3 rings (SSSR count). The highest BCUT2D eigenvalue weighted by atomic mass is 32.1. The minimum atomic E-state index is -0.431. The maximum absolute atomic E-state index is 13.7. The van der Waals surface area contributed by atoms with Gasteiger partial charge in [-0.25, -0.2) is 4.39 Å². The van der Waals surface area contributed by atoms with Crippen LogP contribution in [0.3, 0.4) is 0 Å². The van der Waals surface area contributed by atoms with Crippen molar-refractivity contribution in [1.82, 2.24) is 4.90 Å². The predicted octanol–water partition coefficient (Wildman–Crippen LogP) is 4.45. The summed E-state index contributed by atoms with van der Waals surface area (Å²) in [5.74, 6) is -0.264. The van der Waals surface area contributed by atoms with Gasteiger partial charge in [-0.15, -0.1) is 11.3 Å². The first kappa shape index (κ1) is 16.7. The van der Waals surface area contributed by atoms with E-state index in [2.05, 4.69) is 18.4 Å². The average molecular weight is 345 g/mol. The van der Waals surface area contributed by atoms with Gasteiger partial charge in [0.2, 0.25) is 5.91 Å². The Morgan fingerprint density at radius 2 is 2.29 bits per heavy atom. The molecule has 0 unspecified atom stereocenters. The lowest BCUT2D eigenvalue weighted by molar-refractivity contribution is -0.128. The zero-order valence-electron chi connectivity index (χ0n) is 13.8. The summed E-state index contributed by atoms with van der Waals surface area (Å²) < 4.78 is 18.6. The van der Waals surface area contributed by atoms with E-state index in [-0.39, 0.29) is 17.7 Å². The van der Waals surface area contributed by atoms with Crippen LogP contribution >= 0.6 is 11.3 Å². The highest BCUT2D eigenvalue weighted by molar-refractivity contribution is 7.10. The Bertz CT molecular complexity index is 768. The third-order valence-electron chi connectivity index (χ3n) is 4.36. The molecule has 0 saturated carbocycles. The van der Waals surface area contributed by atoms with Crippen molar-refractivity contribution in [2.24, 2.45) is 0 Å². The Morgan fingerprint density at radius 1 is 1.46 bits per heavy atom. The van der Waals surface area contributed by atoms with Gasteiger partial charge in [-0.3, -0.25) is 4.79 Å². The molecule has 2 heterocycles. The molecule has 0 aliphatic carbocycles. The number of fused-ring (bicyclic) bond motifs is 1. The molecule has 126 valence electrons. The molecule has 5 heteroatoms. The van der Waals surface area contributed by atoms with Crippen molar-refractivity contribution in [1.29, 1.82) is 0 Å². The third kappa shape index (κ3) is 3.22. The first-order valence-electron chi connectivity index (χ1n) is 8.02. The van der Waals surface area contributed by atoms with E-state index >= 15 is 0 Å². The van der Waals surface area contributed by atoms with Crippen LogP contribution in [0.4, 0.5) is 4.39 Å². The number of hydrogen-bond donors (Lipinski definition) is 0. The number of ether oxygens (including phenoxy) is 1. The number of thiophene rings is 1. The highest BCUT2D eigenvalue weighted by Crippen LogP contribution is 2.35. The summed E-state index contributed by atoms with van der Waals surface area (Å²) in [5.41, 5.74) is 1.91. The highest BCUT2D eigenvalue weighted by Gasteiger charge is 2.29. The summed E-state index contributed by atoms with van der Waals surface area (Å²) in [6.07, 6.45) is 4.97. The lowest BCUT2D eigenvalue weighted by Gasteiger charge is -2.34. The largest absolute Gasteiger partial charge is 0.494 e. The molecule has 0 fully saturated rings. The molecule has 0 saturated heterocycles. The van der Waals surface area contributed by atoms with E-state index in [1.165, 1.54) is 29.7 Å². The number of methoxy groups -OCH3 is 1. The van der Waals surface area contributed by atoms with Crippen molar-refractivity contribution in [3.05, 3.63) is 57.5 Å². The standard InChI is InChI=1S/C19H20FNO2S/c1-3-16-14-9-11-24-18(14)8-10-21(16)19(22)7-5-13-4-6-17(23-2)15(20)12-13/h4-7,9,11-12,16H,3,8,10H2,1-2H3/b7-5+/t16-/m1/s1. The van der Waals surface area contributed by atoms with Crippen LogP contribution in [0, 0.1) is 5.82 Å². The van der Waals surface area contributed by atoms with Crippen LogP contribution in [0.2, 0.25) is 0 Å². The van der Waals surface area contributed by atoms with Gasteiger partial charge < -0.3 is 9.64 Å². The predicted molar refractivity (Wildman–Crippen MR) is 94.8 cm³/mol. The molecule has 24 heavy (non-hydrogen) atoms. The molecule has 1 aromatic carbocycles. The van der Waals surface area contributed by atoms with E-state index in [4.69, 9.17) is 4.74 Å². The van der Waals surface area contributed by atoms with Crippen LogP contribution < -0.4 is 4.74 Å². The summed E-state index contributed by atoms with van der Waals surface area (Å²) in [6.45, 7) is 2.83. The maximum atomic E-state index is 13.7. The number of amides is 1. The van der Waals surface area contributed by atoms with Gasteiger partial charge in [0, 0.05) is 17.5 Å². The lowest BCUT2D eigenvalue weighted by atomic mass is 9.97. The third-order valence-corrected chi connectivity index (χ3v) is 5.36. The Hall–Kier alpha value is -2.14. The van der Waals surface area contributed by atoms with E-state index in [1.807, 2.05) is 4.90 Å². The van der Waals surface area contributed by atoms with Gasteiger partial charge in [-0.2, -0.15) is 0 Å². The molecule has 1 aromatic heterocycles. The van der Waals surface area contributed by atoms with Crippen LogP contribution in [0.25, 0.3) is 6.08 Å². The maximum Gasteiger partial charge on any atom is 0.247 e. The fraction of sp³-hybridized carbons (Fsp3) is 0.316. The second-order valence-corrected chi connectivity index (χ2v) is 6.73. The topological polar surface area (TPSA) is 29.5 Å². The number of carbonyl (C=O) groups is 1. The molecular formula is C19H20FNO2S. The fourth-order valence-electron chi connectivity index (χ4n) is 3.15. The van der Waals surface area contributed by atoms with Crippen molar-refractivity contribution in [3.63, 3.8) is 0 Å². The van der Waals surface area contributed by atoms with E-state index in [1.54, 1.807) is 29.5 Å². The molecule has 0 N–H and O–H groups in total. The molecule has 1 amide bonds. The summed E-state index contributed by atoms with van der Waals surface area (Å²) in [7, 11) is 1.43. The molecular weight excluding hydrogens is 325 g/mol. The summed E-state index contributed by atoms with van der Waals surface area (Å²) >= 11 is 1.76.